The van der Waals surface area contributed by atoms with Gasteiger partial charge in [-0.25, -0.2) is 0 Å². The van der Waals surface area contributed by atoms with Crippen LogP contribution in [0.2, 0.25) is 0 Å². The number of nitrogens with one attached hydrogen (secondary N) is 1. The molecule has 0 aromatic rings. The number of likely N-dealkylation sites (N-methyl/N-ethyl adjacent to an activating group) is 1. The highest BCUT2D eigenvalue weighted by atomic mass is 31.2. The van der Waals surface area contributed by atoms with E-state index in [0.717, 1.165) is 74.5 Å². The van der Waals surface area contributed by atoms with Crippen LogP contribution in [0, 0.1) is 46.3 Å². The fourth-order valence-electron chi connectivity index (χ4n) is 12.7. The van der Waals surface area contributed by atoms with Crippen LogP contribution in [0.1, 0.15) is 208 Å². The Morgan fingerprint density at radius 1 is 0.908 bits per heavy atom. The number of fused-ring (bicyclic) bond motifs is 5. The predicted octanol–water partition coefficient (Wildman–Crippen LogP) is 12.4. The van der Waals surface area contributed by atoms with E-state index in [1.54, 1.807) is 6.08 Å². The lowest BCUT2D eigenvalue weighted by atomic mass is 9.47. The van der Waals surface area contributed by atoms with E-state index in [4.69, 9.17) is 13.8 Å². The maximum atomic E-state index is 13.2. The number of quaternary nitrogens is 1. The molecule has 3 fully saturated rings. The Kier molecular flexibility index (Phi) is 23.3. The Labute approximate surface area is 397 Å². The van der Waals surface area contributed by atoms with Gasteiger partial charge in [0.05, 0.1) is 33.7 Å². The number of allylic oxidation sites excluding steroid dienone is 2. The number of aliphatic hydroxyl groups is 1. The fraction of sp³-hybridized carbons (Fsp3) is 0.889. The van der Waals surface area contributed by atoms with Crippen LogP contribution in [0.25, 0.3) is 0 Å². The number of carbonyl (C=O) groups is 2. The van der Waals surface area contributed by atoms with Gasteiger partial charge in [0.25, 0.3) is 7.82 Å². The standard InChI is InChI=1S/C54H97N2O8P/c1-10-11-12-13-14-15-16-17-18-19-20-21-22-26-44(57)40-51(64-65(60,61)62-38-37-56(7,8)9)55-50(58)31-32-52(59)63-45-33-35-53(5)43(39-45)27-28-46-48-30-29-47(42(4)25-23-24-41(2)3)54(48,6)36-34-49(46)53/h22,26-27,41-42,44-49,51,57H,10-21,23-25,28-40H2,1-9H3,(H-,55,58,60,61)/t42-,44?,45?,46?,47-,48?,49?,51?,53+,54-/m1/s1. The Balaban J connectivity index is 1.23. The molecular formula is C54H97N2O8P. The average Bonchev–Trinajstić information content (AvgIpc) is 3.58. The first kappa shape index (κ1) is 56.0. The van der Waals surface area contributed by atoms with Gasteiger partial charge < -0.3 is 29.1 Å². The van der Waals surface area contributed by atoms with Gasteiger partial charge in [-0.3, -0.25) is 18.7 Å². The molecule has 0 heterocycles. The maximum absolute atomic E-state index is 13.2. The van der Waals surface area contributed by atoms with Crippen molar-refractivity contribution in [3.05, 3.63) is 23.8 Å². The number of esters is 1. The summed E-state index contributed by atoms with van der Waals surface area (Å²) in [5.41, 5.74) is 2.05. The molecule has 10 nitrogen and oxygen atoms in total. The van der Waals surface area contributed by atoms with Gasteiger partial charge in [-0.2, -0.15) is 0 Å². The Hall–Kier alpha value is -1.55. The van der Waals surface area contributed by atoms with Gasteiger partial charge in [-0.1, -0.05) is 149 Å². The van der Waals surface area contributed by atoms with Crippen LogP contribution in [-0.2, 0) is 27.9 Å². The number of rotatable bonds is 31. The first-order chi connectivity index (χ1) is 30.8. The van der Waals surface area contributed by atoms with Crippen molar-refractivity contribution >= 4 is 19.7 Å². The third-order valence-electron chi connectivity index (χ3n) is 16.5. The molecule has 0 aromatic heterocycles. The largest absolute Gasteiger partial charge is 0.756 e. The van der Waals surface area contributed by atoms with Crippen molar-refractivity contribution in [1.29, 1.82) is 0 Å². The van der Waals surface area contributed by atoms with Crippen LogP contribution in [0.5, 0.6) is 0 Å². The summed E-state index contributed by atoms with van der Waals surface area (Å²) in [4.78, 5) is 39.3. The summed E-state index contributed by atoms with van der Waals surface area (Å²) in [6, 6.07) is 0. The number of amides is 1. The molecule has 7 unspecified atom stereocenters. The summed E-state index contributed by atoms with van der Waals surface area (Å²) >= 11 is 0. The Morgan fingerprint density at radius 2 is 1.58 bits per heavy atom. The van der Waals surface area contributed by atoms with E-state index in [9.17, 15) is 24.2 Å². The zero-order valence-electron chi connectivity index (χ0n) is 42.9. The Bertz CT molecular complexity index is 1540. The van der Waals surface area contributed by atoms with Gasteiger partial charge in [0.2, 0.25) is 5.91 Å². The van der Waals surface area contributed by atoms with E-state index in [2.05, 4.69) is 52.9 Å². The number of unbranched alkanes of at least 4 members (excludes halogenated alkanes) is 11. The Morgan fingerprint density at radius 3 is 2.25 bits per heavy atom. The van der Waals surface area contributed by atoms with Crippen LogP contribution in [0.4, 0.5) is 0 Å². The van der Waals surface area contributed by atoms with E-state index >= 15 is 0 Å². The zero-order valence-corrected chi connectivity index (χ0v) is 43.8. The quantitative estimate of drug-likeness (QED) is 0.0175. The maximum Gasteiger partial charge on any atom is 0.306 e. The highest BCUT2D eigenvalue weighted by Crippen LogP contribution is 2.67. The molecule has 65 heavy (non-hydrogen) atoms. The summed E-state index contributed by atoms with van der Waals surface area (Å²) in [6.07, 6.45) is 30.7. The number of hydrogen-bond acceptors (Lipinski definition) is 8. The van der Waals surface area contributed by atoms with Gasteiger partial charge in [-0.15, -0.1) is 0 Å². The molecule has 0 aromatic carbocycles. The average molecular weight is 933 g/mol. The molecule has 0 saturated heterocycles. The van der Waals surface area contributed by atoms with E-state index in [0.29, 0.717) is 22.4 Å². The molecule has 4 aliphatic carbocycles. The minimum absolute atomic E-state index is 0.0881. The summed E-state index contributed by atoms with van der Waals surface area (Å²) in [5, 5.41) is 13.4. The van der Waals surface area contributed by atoms with E-state index in [1.165, 1.54) is 108 Å². The van der Waals surface area contributed by atoms with E-state index in [-0.39, 0.29) is 37.4 Å². The molecule has 1 amide bonds. The molecule has 2 N–H and O–H groups in total. The van der Waals surface area contributed by atoms with Crippen LogP contribution >= 0.6 is 7.82 Å². The third kappa shape index (κ3) is 18.4. The predicted molar refractivity (Wildman–Crippen MR) is 262 cm³/mol. The van der Waals surface area contributed by atoms with Crippen LogP contribution in [-0.4, -0.2) is 74.2 Å². The van der Waals surface area contributed by atoms with E-state index < -0.39 is 32.0 Å². The van der Waals surface area contributed by atoms with E-state index in [1.807, 2.05) is 27.2 Å². The molecule has 0 radical (unpaired) electrons. The molecule has 4 aliphatic rings. The fourth-order valence-corrected chi connectivity index (χ4v) is 13.5. The van der Waals surface area contributed by atoms with Crippen molar-refractivity contribution in [3.8, 4) is 0 Å². The van der Waals surface area contributed by atoms with Gasteiger partial charge in [0.15, 0.2) is 0 Å². The second kappa shape index (κ2) is 27.0. The van der Waals surface area contributed by atoms with Gasteiger partial charge in [0.1, 0.15) is 25.5 Å². The van der Waals surface area contributed by atoms with Crippen molar-refractivity contribution in [2.24, 2.45) is 46.3 Å². The molecule has 0 bridgehead atoms. The molecular weight excluding hydrogens is 836 g/mol. The van der Waals surface area contributed by atoms with Crippen molar-refractivity contribution in [3.63, 3.8) is 0 Å². The number of ether oxygens (including phenoxy) is 1. The molecule has 4 rings (SSSR count). The first-order valence-corrected chi connectivity index (χ1v) is 28.2. The summed E-state index contributed by atoms with van der Waals surface area (Å²) in [7, 11) is 0.940. The topological polar surface area (TPSA) is 134 Å². The molecule has 0 aliphatic heterocycles. The SMILES string of the molecule is CCCCCCCCCCCCCC=CC(O)CC(NC(=O)CCC(=O)OC1CC[C@@]2(C)C(=CCC3C2CC[C@@]2(C)C3CC[C@@H]2[C@H](C)CCCC(C)C)C1)OP(=O)([O-])OCC[N+](C)(C)C. The van der Waals surface area contributed by atoms with Crippen molar-refractivity contribution < 1.29 is 42.4 Å². The van der Waals surface area contributed by atoms with Gasteiger partial charge in [0, 0.05) is 19.3 Å². The van der Waals surface area contributed by atoms with Gasteiger partial charge in [-0.05, 0) is 104 Å². The molecule has 376 valence electrons. The second-order valence-corrected chi connectivity index (χ2v) is 24.5. The third-order valence-corrected chi connectivity index (χ3v) is 17.5. The van der Waals surface area contributed by atoms with Crippen molar-refractivity contribution in [2.45, 2.75) is 227 Å². The van der Waals surface area contributed by atoms with Crippen LogP contribution in [0.3, 0.4) is 0 Å². The first-order valence-electron chi connectivity index (χ1n) is 26.7. The van der Waals surface area contributed by atoms with Crippen molar-refractivity contribution in [1.82, 2.24) is 5.32 Å². The molecule has 3 saturated carbocycles. The summed E-state index contributed by atoms with van der Waals surface area (Å²) in [5.74, 6) is 3.64. The number of hydrogen-bond donors (Lipinski definition) is 2. The van der Waals surface area contributed by atoms with Gasteiger partial charge >= 0.3 is 5.97 Å². The normalized spacial score (nSPS) is 29.0. The lowest BCUT2D eigenvalue weighted by molar-refractivity contribution is -0.870. The minimum atomic E-state index is -4.83. The van der Waals surface area contributed by atoms with Crippen molar-refractivity contribution in [2.75, 3.05) is 34.3 Å². The van der Waals surface area contributed by atoms with Crippen LogP contribution in [0.15, 0.2) is 23.8 Å². The smallest absolute Gasteiger partial charge is 0.306 e. The highest BCUT2D eigenvalue weighted by molar-refractivity contribution is 7.45. The molecule has 11 heteroatoms. The number of aliphatic hydroxyl groups excluding tert-OH is 1. The number of phosphoric ester groups is 1. The zero-order chi connectivity index (χ0) is 47.7. The molecule has 0 spiro atoms. The summed E-state index contributed by atoms with van der Waals surface area (Å²) in [6.45, 7) is 14.9. The summed E-state index contributed by atoms with van der Waals surface area (Å²) < 4.78 is 29.8. The number of nitrogens with zero attached hydrogens (tertiary/aromatic N) is 1. The monoisotopic (exact) mass is 933 g/mol. The van der Waals surface area contributed by atoms with Crippen LogP contribution < -0.4 is 10.2 Å². The number of phosphoric acid groups is 1. The second-order valence-electron chi connectivity index (χ2n) is 23.2. The highest BCUT2D eigenvalue weighted by Gasteiger charge is 2.59. The molecule has 11 atom stereocenters. The minimum Gasteiger partial charge on any atom is -0.756 e. The number of carbonyl (C=O) groups excluding carboxylic acids is 2. The lowest BCUT2D eigenvalue weighted by Crippen LogP contribution is -2.51. The lowest BCUT2D eigenvalue weighted by Gasteiger charge is -2.58.